The summed E-state index contributed by atoms with van der Waals surface area (Å²) >= 11 is 0. The van der Waals surface area contributed by atoms with Crippen molar-refractivity contribution < 1.29 is 4.52 Å². The first kappa shape index (κ1) is 12.2. The molecule has 0 spiro atoms. The molecule has 2 aliphatic rings. The monoisotopic (exact) mass is 249 g/mol. The molecule has 4 nitrogen and oxygen atoms in total. The number of nitrogens with one attached hydrogen (secondary N) is 1. The summed E-state index contributed by atoms with van der Waals surface area (Å²) in [6.07, 6.45) is 7.26. The van der Waals surface area contributed by atoms with Gasteiger partial charge in [0.05, 0.1) is 5.92 Å². The summed E-state index contributed by atoms with van der Waals surface area (Å²) in [5, 5.41) is 7.81. The van der Waals surface area contributed by atoms with Gasteiger partial charge < -0.3 is 9.84 Å². The van der Waals surface area contributed by atoms with Crippen molar-refractivity contribution in [2.45, 2.75) is 69.7 Å². The number of rotatable bonds is 5. The smallest absolute Gasteiger partial charge is 0.231 e. The molecule has 2 saturated carbocycles. The summed E-state index contributed by atoms with van der Waals surface area (Å²) in [5.41, 5.74) is 0.215. The summed E-state index contributed by atoms with van der Waals surface area (Å²) < 4.78 is 5.52. The maximum Gasteiger partial charge on any atom is 0.231 e. The van der Waals surface area contributed by atoms with Gasteiger partial charge in [-0.1, -0.05) is 25.4 Å². The van der Waals surface area contributed by atoms with E-state index in [1.165, 1.54) is 38.5 Å². The highest BCUT2D eigenvalue weighted by molar-refractivity contribution is 5.15. The SMILES string of the molecule is CCCNC1CCCC1c1nc(C2(C)CC2)no1. The molecule has 18 heavy (non-hydrogen) atoms. The molecule has 0 aliphatic heterocycles. The number of aromatic nitrogens is 2. The van der Waals surface area contributed by atoms with Gasteiger partial charge in [-0.15, -0.1) is 0 Å². The predicted octanol–water partition coefficient (Wildman–Crippen LogP) is 2.76. The van der Waals surface area contributed by atoms with Gasteiger partial charge in [0.25, 0.3) is 0 Å². The molecule has 1 aromatic heterocycles. The molecule has 0 amide bonds. The number of hydrogen-bond donors (Lipinski definition) is 1. The molecular weight excluding hydrogens is 226 g/mol. The Balaban J connectivity index is 1.71. The minimum absolute atomic E-state index is 0.215. The molecule has 0 radical (unpaired) electrons. The van der Waals surface area contributed by atoms with Crippen LogP contribution in [0.5, 0.6) is 0 Å². The fourth-order valence-electron chi connectivity index (χ4n) is 2.87. The van der Waals surface area contributed by atoms with Crippen molar-refractivity contribution in [2.24, 2.45) is 0 Å². The van der Waals surface area contributed by atoms with Crippen LogP contribution in [0.2, 0.25) is 0 Å². The zero-order valence-corrected chi connectivity index (χ0v) is 11.4. The summed E-state index contributed by atoms with van der Waals surface area (Å²) in [7, 11) is 0. The van der Waals surface area contributed by atoms with Crippen molar-refractivity contribution in [1.29, 1.82) is 0 Å². The zero-order valence-electron chi connectivity index (χ0n) is 11.4. The summed E-state index contributed by atoms with van der Waals surface area (Å²) in [5.74, 6) is 2.23. The minimum Gasteiger partial charge on any atom is -0.339 e. The average molecular weight is 249 g/mol. The fraction of sp³-hybridized carbons (Fsp3) is 0.857. The van der Waals surface area contributed by atoms with Crippen LogP contribution in [0.25, 0.3) is 0 Å². The van der Waals surface area contributed by atoms with Crippen LogP contribution in [0.3, 0.4) is 0 Å². The van der Waals surface area contributed by atoms with Gasteiger partial charge in [0, 0.05) is 11.5 Å². The van der Waals surface area contributed by atoms with E-state index in [1.54, 1.807) is 0 Å². The second kappa shape index (κ2) is 4.65. The number of hydrogen-bond acceptors (Lipinski definition) is 4. The lowest BCUT2D eigenvalue weighted by atomic mass is 10.0. The van der Waals surface area contributed by atoms with Crippen molar-refractivity contribution in [3.8, 4) is 0 Å². The van der Waals surface area contributed by atoms with E-state index in [9.17, 15) is 0 Å². The minimum atomic E-state index is 0.215. The molecule has 1 heterocycles. The molecule has 0 aromatic carbocycles. The normalized spacial score (nSPS) is 29.7. The van der Waals surface area contributed by atoms with E-state index in [2.05, 4.69) is 29.3 Å². The molecule has 2 aliphatic carbocycles. The predicted molar refractivity (Wildman–Crippen MR) is 69.6 cm³/mol. The average Bonchev–Trinajstić information content (AvgIpc) is 2.87. The van der Waals surface area contributed by atoms with Gasteiger partial charge in [-0.05, 0) is 38.6 Å². The van der Waals surface area contributed by atoms with Gasteiger partial charge in [-0.25, -0.2) is 0 Å². The van der Waals surface area contributed by atoms with Crippen LogP contribution < -0.4 is 5.32 Å². The van der Waals surface area contributed by atoms with Crippen LogP contribution in [-0.4, -0.2) is 22.7 Å². The molecule has 0 saturated heterocycles. The van der Waals surface area contributed by atoms with Crippen molar-refractivity contribution >= 4 is 0 Å². The Hall–Kier alpha value is -0.900. The molecule has 1 N–H and O–H groups in total. The first-order valence-electron chi connectivity index (χ1n) is 7.30. The van der Waals surface area contributed by atoms with Crippen LogP contribution in [0.1, 0.15) is 70.0 Å². The summed E-state index contributed by atoms with van der Waals surface area (Å²) in [6.45, 7) is 5.51. The van der Waals surface area contributed by atoms with E-state index >= 15 is 0 Å². The zero-order chi connectivity index (χ0) is 12.6. The Morgan fingerprint density at radius 2 is 2.22 bits per heavy atom. The van der Waals surface area contributed by atoms with Crippen molar-refractivity contribution in [3.63, 3.8) is 0 Å². The lowest BCUT2D eigenvalue weighted by Crippen LogP contribution is -2.31. The maximum atomic E-state index is 5.52. The van der Waals surface area contributed by atoms with Crippen molar-refractivity contribution in [2.75, 3.05) is 6.54 Å². The highest BCUT2D eigenvalue weighted by atomic mass is 16.5. The fourth-order valence-corrected chi connectivity index (χ4v) is 2.87. The van der Waals surface area contributed by atoms with E-state index < -0.39 is 0 Å². The first-order valence-corrected chi connectivity index (χ1v) is 7.30. The van der Waals surface area contributed by atoms with Crippen LogP contribution in [-0.2, 0) is 5.41 Å². The first-order chi connectivity index (χ1) is 8.73. The molecule has 100 valence electrons. The third kappa shape index (κ3) is 2.18. The molecular formula is C14H23N3O. The second-order valence-corrected chi connectivity index (χ2v) is 6.11. The summed E-state index contributed by atoms with van der Waals surface area (Å²) in [4.78, 5) is 4.67. The van der Waals surface area contributed by atoms with Crippen LogP contribution in [0, 0.1) is 0 Å². The van der Waals surface area contributed by atoms with Crippen molar-refractivity contribution in [1.82, 2.24) is 15.5 Å². The van der Waals surface area contributed by atoms with Gasteiger partial charge in [0.15, 0.2) is 5.82 Å². The Morgan fingerprint density at radius 3 is 2.94 bits per heavy atom. The molecule has 2 unspecified atom stereocenters. The largest absolute Gasteiger partial charge is 0.339 e. The Labute approximate surface area is 109 Å². The van der Waals surface area contributed by atoms with Gasteiger partial charge in [-0.2, -0.15) is 4.98 Å². The van der Waals surface area contributed by atoms with Gasteiger partial charge in [-0.3, -0.25) is 0 Å². The van der Waals surface area contributed by atoms with E-state index in [-0.39, 0.29) is 5.41 Å². The quantitative estimate of drug-likeness (QED) is 0.871. The van der Waals surface area contributed by atoms with E-state index in [4.69, 9.17) is 4.52 Å². The molecule has 0 bridgehead atoms. The Bertz CT molecular complexity index is 411. The number of nitrogens with zero attached hydrogens (tertiary/aromatic N) is 2. The second-order valence-electron chi connectivity index (χ2n) is 6.11. The van der Waals surface area contributed by atoms with Crippen LogP contribution in [0.4, 0.5) is 0 Å². The highest BCUT2D eigenvalue weighted by Crippen LogP contribution is 2.46. The van der Waals surface area contributed by atoms with E-state index in [0.717, 1.165) is 18.3 Å². The third-order valence-electron chi connectivity index (χ3n) is 4.47. The molecule has 2 atom stereocenters. The van der Waals surface area contributed by atoms with Gasteiger partial charge in [0.2, 0.25) is 5.89 Å². The maximum absolute atomic E-state index is 5.52. The lowest BCUT2D eigenvalue weighted by molar-refractivity contribution is 0.326. The Kier molecular flexibility index (Phi) is 3.14. The summed E-state index contributed by atoms with van der Waals surface area (Å²) in [6, 6.07) is 0.533. The molecule has 1 aromatic rings. The van der Waals surface area contributed by atoms with E-state index in [0.29, 0.717) is 12.0 Å². The van der Waals surface area contributed by atoms with Gasteiger partial charge >= 0.3 is 0 Å². The van der Waals surface area contributed by atoms with Gasteiger partial charge in [0.1, 0.15) is 0 Å². The highest BCUT2D eigenvalue weighted by Gasteiger charge is 2.44. The Morgan fingerprint density at radius 1 is 1.39 bits per heavy atom. The van der Waals surface area contributed by atoms with Crippen LogP contribution in [0.15, 0.2) is 4.52 Å². The molecule has 4 heteroatoms. The molecule has 2 fully saturated rings. The topological polar surface area (TPSA) is 51.0 Å². The van der Waals surface area contributed by atoms with E-state index in [1.807, 2.05) is 0 Å². The van der Waals surface area contributed by atoms with Crippen LogP contribution >= 0.6 is 0 Å². The third-order valence-corrected chi connectivity index (χ3v) is 4.47. The molecule has 3 rings (SSSR count). The standard InChI is InChI=1S/C14H23N3O/c1-3-9-15-11-6-4-5-10(11)12-16-13(17-18-12)14(2)7-8-14/h10-11,15H,3-9H2,1-2H3. The lowest BCUT2D eigenvalue weighted by Gasteiger charge is -2.17. The van der Waals surface area contributed by atoms with Crippen molar-refractivity contribution in [3.05, 3.63) is 11.7 Å².